The van der Waals surface area contributed by atoms with Crippen molar-refractivity contribution in [2.45, 2.75) is 11.3 Å². The summed E-state index contributed by atoms with van der Waals surface area (Å²) in [5, 5.41) is 0. The quantitative estimate of drug-likeness (QED) is 0.854. The first kappa shape index (κ1) is 17.0. The maximum absolute atomic E-state index is 13.1. The van der Waals surface area contributed by atoms with Gasteiger partial charge in [0.05, 0.1) is 5.69 Å². The first-order chi connectivity index (χ1) is 10.6. The van der Waals surface area contributed by atoms with Crippen LogP contribution in [0.5, 0.6) is 5.75 Å². The number of hydrogen-bond acceptors (Lipinski definition) is 3. The van der Waals surface area contributed by atoms with Crippen LogP contribution in [0.4, 0.5) is 27.6 Å². The number of nitrogens with one attached hydrogen (secondary N) is 1. The second-order valence-electron chi connectivity index (χ2n) is 4.26. The van der Waals surface area contributed by atoms with E-state index in [4.69, 9.17) is 0 Å². The van der Waals surface area contributed by atoms with Crippen molar-refractivity contribution in [3.63, 3.8) is 0 Å². The molecule has 0 fully saturated rings. The van der Waals surface area contributed by atoms with Gasteiger partial charge in [-0.15, -0.1) is 13.2 Å². The molecule has 0 unspecified atom stereocenters. The van der Waals surface area contributed by atoms with Crippen LogP contribution in [0.2, 0.25) is 0 Å². The first-order valence-corrected chi connectivity index (χ1v) is 7.39. The van der Waals surface area contributed by atoms with Crippen LogP contribution in [0.15, 0.2) is 47.4 Å². The van der Waals surface area contributed by atoms with Crippen LogP contribution in [-0.4, -0.2) is 14.8 Å². The fourth-order valence-corrected chi connectivity index (χ4v) is 2.87. The van der Waals surface area contributed by atoms with Gasteiger partial charge in [0.1, 0.15) is 22.3 Å². The maximum Gasteiger partial charge on any atom is 0.573 e. The van der Waals surface area contributed by atoms with E-state index in [0.717, 1.165) is 18.2 Å². The van der Waals surface area contributed by atoms with Crippen molar-refractivity contribution >= 4 is 15.7 Å². The van der Waals surface area contributed by atoms with Gasteiger partial charge in [0.2, 0.25) is 0 Å². The fourth-order valence-electron chi connectivity index (χ4n) is 1.70. The zero-order valence-corrected chi connectivity index (χ0v) is 11.9. The highest BCUT2D eigenvalue weighted by Crippen LogP contribution is 2.30. The van der Waals surface area contributed by atoms with Crippen LogP contribution in [0.3, 0.4) is 0 Å². The number of sulfonamides is 1. The molecule has 0 saturated carbocycles. The number of halogens is 5. The van der Waals surface area contributed by atoms with Crippen molar-refractivity contribution in [3.05, 3.63) is 54.1 Å². The molecular weight excluding hydrogens is 345 g/mol. The summed E-state index contributed by atoms with van der Waals surface area (Å²) >= 11 is 0. The maximum atomic E-state index is 13.1. The minimum Gasteiger partial charge on any atom is -0.404 e. The van der Waals surface area contributed by atoms with Gasteiger partial charge < -0.3 is 4.74 Å². The van der Waals surface area contributed by atoms with Gasteiger partial charge in [-0.05, 0) is 24.3 Å². The average molecular weight is 353 g/mol. The highest BCUT2D eigenvalue weighted by Gasteiger charge is 2.34. The number of anilines is 1. The Bertz CT molecular complexity index is 800. The first-order valence-electron chi connectivity index (χ1n) is 5.90. The molecule has 4 nitrogen and oxygen atoms in total. The van der Waals surface area contributed by atoms with Gasteiger partial charge in [0.25, 0.3) is 10.0 Å². The summed E-state index contributed by atoms with van der Waals surface area (Å²) < 4.78 is 92.7. The molecule has 0 amide bonds. The van der Waals surface area contributed by atoms with Crippen LogP contribution < -0.4 is 9.46 Å². The summed E-state index contributed by atoms with van der Waals surface area (Å²) in [5.74, 6) is -3.07. The van der Waals surface area contributed by atoms with Crippen LogP contribution in [0.25, 0.3) is 0 Å². The predicted molar refractivity (Wildman–Crippen MR) is 70.3 cm³/mol. The summed E-state index contributed by atoms with van der Waals surface area (Å²) in [4.78, 5) is -0.831. The molecule has 2 aromatic carbocycles. The minimum atomic E-state index is -5.10. The molecule has 23 heavy (non-hydrogen) atoms. The van der Waals surface area contributed by atoms with Gasteiger partial charge in [-0.2, -0.15) is 0 Å². The Morgan fingerprint density at radius 1 is 0.957 bits per heavy atom. The lowest BCUT2D eigenvalue weighted by Gasteiger charge is -2.14. The normalized spacial score (nSPS) is 12.0. The molecular formula is C13H8F5NO3S. The lowest BCUT2D eigenvalue weighted by Crippen LogP contribution is -2.21. The second-order valence-corrected chi connectivity index (χ2v) is 5.91. The van der Waals surface area contributed by atoms with E-state index in [-0.39, 0.29) is 0 Å². The van der Waals surface area contributed by atoms with E-state index in [1.165, 1.54) is 6.07 Å². The van der Waals surface area contributed by atoms with Crippen molar-refractivity contribution < 1.29 is 35.1 Å². The summed E-state index contributed by atoms with van der Waals surface area (Å²) in [7, 11) is -4.56. The number of alkyl halides is 3. The Balaban J connectivity index is 2.40. The Labute approximate surface area is 127 Å². The zero-order valence-electron chi connectivity index (χ0n) is 11.1. The standard InChI is InChI=1S/C13H8F5NO3S/c14-8-5-9(15)7-10(6-8)19-23(20,21)12-4-2-1-3-11(12)22-13(16,17)18/h1-7,19H. The number of para-hydroxylation sites is 1. The average Bonchev–Trinajstić information content (AvgIpc) is 2.35. The molecule has 0 heterocycles. The van der Waals surface area contributed by atoms with Crippen LogP contribution in [0.1, 0.15) is 0 Å². The Kier molecular flexibility index (Phi) is 4.46. The Hall–Kier alpha value is -2.36. The predicted octanol–water partition coefficient (Wildman–Crippen LogP) is 3.66. The molecule has 10 heteroatoms. The molecule has 0 aromatic heterocycles. The van der Waals surface area contributed by atoms with Crippen molar-refractivity contribution in [1.29, 1.82) is 0 Å². The number of ether oxygens (including phenoxy) is 1. The number of rotatable bonds is 4. The van der Waals surface area contributed by atoms with E-state index in [1.54, 1.807) is 4.72 Å². The smallest absolute Gasteiger partial charge is 0.404 e. The van der Waals surface area contributed by atoms with Gasteiger partial charge >= 0.3 is 6.36 Å². The molecule has 0 saturated heterocycles. The SMILES string of the molecule is O=S(=O)(Nc1cc(F)cc(F)c1)c1ccccc1OC(F)(F)F. The highest BCUT2D eigenvalue weighted by atomic mass is 32.2. The summed E-state index contributed by atoms with van der Waals surface area (Å²) in [6.07, 6.45) is -5.10. The van der Waals surface area contributed by atoms with Crippen molar-refractivity contribution in [2.24, 2.45) is 0 Å². The van der Waals surface area contributed by atoms with E-state index < -0.39 is 44.4 Å². The summed E-state index contributed by atoms with van der Waals surface area (Å²) in [5.41, 5.74) is -0.482. The molecule has 0 bridgehead atoms. The lowest BCUT2D eigenvalue weighted by atomic mass is 10.3. The Morgan fingerprint density at radius 2 is 1.52 bits per heavy atom. The third-order valence-corrected chi connectivity index (χ3v) is 3.90. The number of hydrogen-bond donors (Lipinski definition) is 1. The second kappa shape index (κ2) is 6.03. The van der Waals surface area contributed by atoms with Gasteiger partial charge in [-0.1, -0.05) is 12.1 Å². The van der Waals surface area contributed by atoms with Crippen LogP contribution in [-0.2, 0) is 10.0 Å². The van der Waals surface area contributed by atoms with E-state index in [2.05, 4.69) is 4.74 Å². The molecule has 1 N–H and O–H groups in total. The third kappa shape index (κ3) is 4.55. The van der Waals surface area contributed by atoms with Crippen molar-refractivity contribution in [2.75, 3.05) is 4.72 Å². The molecule has 0 aliphatic carbocycles. The zero-order chi connectivity index (χ0) is 17.3. The topological polar surface area (TPSA) is 55.4 Å². The van der Waals surface area contributed by atoms with Crippen molar-refractivity contribution in [3.8, 4) is 5.75 Å². The van der Waals surface area contributed by atoms with Crippen LogP contribution >= 0.6 is 0 Å². The van der Waals surface area contributed by atoms with E-state index in [0.29, 0.717) is 18.2 Å². The van der Waals surface area contributed by atoms with Crippen molar-refractivity contribution in [1.82, 2.24) is 0 Å². The minimum absolute atomic E-state index is 0.482. The highest BCUT2D eigenvalue weighted by molar-refractivity contribution is 7.92. The van der Waals surface area contributed by atoms with E-state index in [1.807, 2.05) is 0 Å². The van der Waals surface area contributed by atoms with Crippen LogP contribution in [0, 0.1) is 11.6 Å². The molecule has 0 atom stereocenters. The molecule has 0 aliphatic heterocycles. The molecule has 0 radical (unpaired) electrons. The fraction of sp³-hybridized carbons (Fsp3) is 0.0769. The van der Waals surface area contributed by atoms with E-state index >= 15 is 0 Å². The molecule has 0 aliphatic rings. The molecule has 0 spiro atoms. The number of benzene rings is 2. The summed E-state index contributed by atoms with van der Waals surface area (Å²) in [6.45, 7) is 0. The monoisotopic (exact) mass is 353 g/mol. The van der Waals surface area contributed by atoms with Gasteiger partial charge in [-0.25, -0.2) is 17.2 Å². The molecule has 124 valence electrons. The molecule has 2 aromatic rings. The van der Waals surface area contributed by atoms with Gasteiger partial charge in [0.15, 0.2) is 0 Å². The third-order valence-electron chi connectivity index (χ3n) is 2.48. The van der Waals surface area contributed by atoms with Gasteiger partial charge in [0, 0.05) is 6.07 Å². The largest absolute Gasteiger partial charge is 0.573 e. The Morgan fingerprint density at radius 3 is 2.09 bits per heavy atom. The summed E-state index contributed by atoms with van der Waals surface area (Å²) in [6, 6.07) is 5.83. The van der Waals surface area contributed by atoms with Gasteiger partial charge in [-0.3, -0.25) is 4.72 Å². The lowest BCUT2D eigenvalue weighted by molar-refractivity contribution is -0.275. The molecule has 2 rings (SSSR count). The van der Waals surface area contributed by atoms with E-state index in [9.17, 15) is 30.4 Å².